The van der Waals surface area contributed by atoms with E-state index >= 15 is 0 Å². The summed E-state index contributed by atoms with van der Waals surface area (Å²) in [4.78, 5) is 4.29. The normalized spacial score (nSPS) is 12.6. The Morgan fingerprint density at radius 2 is 2.18 bits per heavy atom. The number of ether oxygens (including phenoxy) is 1. The minimum absolute atomic E-state index is 0.186. The number of nitrogens with zero attached hydrogens (tertiary/aromatic N) is 2. The van der Waals surface area contributed by atoms with Crippen LogP contribution in [0, 0.1) is 6.92 Å². The summed E-state index contributed by atoms with van der Waals surface area (Å²) in [5.41, 5.74) is 8.34. The van der Waals surface area contributed by atoms with Crippen molar-refractivity contribution in [3.05, 3.63) is 29.6 Å². The number of anilines is 1. The van der Waals surface area contributed by atoms with Gasteiger partial charge in [0.2, 0.25) is 5.82 Å². The second kappa shape index (κ2) is 4.55. The molecule has 1 aromatic heterocycles. The van der Waals surface area contributed by atoms with E-state index in [1.54, 1.807) is 7.11 Å². The Morgan fingerprint density at radius 1 is 1.41 bits per heavy atom. The maximum Gasteiger partial charge on any atom is 0.258 e. The number of hydrogen-bond donors (Lipinski definition) is 1. The fraction of sp³-hybridized carbons (Fsp3) is 0.333. The van der Waals surface area contributed by atoms with E-state index in [2.05, 4.69) is 10.1 Å². The van der Waals surface area contributed by atoms with E-state index in [1.165, 1.54) is 0 Å². The van der Waals surface area contributed by atoms with Crippen molar-refractivity contribution in [1.82, 2.24) is 10.1 Å². The molecule has 90 valence electrons. The largest absolute Gasteiger partial charge is 0.398 e. The van der Waals surface area contributed by atoms with Crippen LogP contribution in [0.1, 0.15) is 24.4 Å². The third-order valence-corrected chi connectivity index (χ3v) is 2.77. The molecule has 5 nitrogen and oxygen atoms in total. The zero-order valence-corrected chi connectivity index (χ0v) is 10.1. The Bertz CT molecular complexity index is 522. The Kier molecular flexibility index (Phi) is 3.10. The molecule has 0 spiro atoms. The van der Waals surface area contributed by atoms with E-state index in [9.17, 15) is 0 Å². The van der Waals surface area contributed by atoms with Crippen LogP contribution < -0.4 is 5.73 Å². The van der Waals surface area contributed by atoms with Gasteiger partial charge in [-0.05, 0) is 31.5 Å². The summed E-state index contributed by atoms with van der Waals surface area (Å²) < 4.78 is 10.3. The maximum absolute atomic E-state index is 5.84. The van der Waals surface area contributed by atoms with E-state index in [4.69, 9.17) is 15.0 Å². The molecule has 1 atom stereocenters. The topological polar surface area (TPSA) is 74.2 Å². The van der Waals surface area contributed by atoms with Gasteiger partial charge in [0.15, 0.2) is 0 Å². The number of rotatable bonds is 3. The molecule has 0 amide bonds. The zero-order valence-electron chi connectivity index (χ0n) is 10.1. The standard InChI is InChI=1S/C12H15N3O2/c1-7-9(5-4-6-10(7)13)12-14-11(15-17-12)8(2)16-3/h4-6,8H,13H2,1-3H3. The van der Waals surface area contributed by atoms with Crippen molar-refractivity contribution in [2.75, 3.05) is 12.8 Å². The van der Waals surface area contributed by atoms with Crippen molar-refractivity contribution in [2.45, 2.75) is 20.0 Å². The third-order valence-electron chi connectivity index (χ3n) is 2.77. The van der Waals surface area contributed by atoms with Crippen molar-refractivity contribution in [3.8, 4) is 11.5 Å². The van der Waals surface area contributed by atoms with Crippen LogP contribution in [0.15, 0.2) is 22.7 Å². The molecule has 17 heavy (non-hydrogen) atoms. The molecule has 0 aliphatic heterocycles. The molecule has 2 rings (SSSR count). The average molecular weight is 233 g/mol. The average Bonchev–Trinajstić information content (AvgIpc) is 2.81. The van der Waals surface area contributed by atoms with Crippen molar-refractivity contribution < 1.29 is 9.26 Å². The lowest BCUT2D eigenvalue weighted by Crippen LogP contribution is -1.98. The number of methoxy groups -OCH3 is 1. The zero-order chi connectivity index (χ0) is 12.4. The van der Waals surface area contributed by atoms with Crippen LogP contribution in [0.3, 0.4) is 0 Å². The third kappa shape index (κ3) is 2.14. The van der Waals surface area contributed by atoms with Crippen molar-refractivity contribution >= 4 is 5.69 Å². The molecule has 5 heteroatoms. The number of aromatic nitrogens is 2. The van der Waals surface area contributed by atoms with E-state index in [1.807, 2.05) is 32.0 Å². The Morgan fingerprint density at radius 3 is 2.88 bits per heavy atom. The maximum atomic E-state index is 5.84. The Hall–Kier alpha value is -1.88. The molecule has 0 aliphatic carbocycles. The fourth-order valence-corrected chi connectivity index (χ4v) is 1.50. The number of nitrogens with two attached hydrogens (primary N) is 1. The van der Waals surface area contributed by atoms with Crippen LogP contribution in [0.4, 0.5) is 5.69 Å². The molecule has 1 heterocycles. The summed E-state index contributed by atoms with van der Waals surface area (Å²) in [6.45, 7) is 3.79. The van der Waals surface area contributed by atoms with Crippen LogP contribution in [-0.4, -0.2) is 17.3 Å². The molecular formula is C12H15N3O2. The molecule has 0 aliphatic rings. The second-order valence-electron chi connectivity index (χ2n) is 3.86. The predicted molar refractivity (Wildman–Crippen MR) is 64.3 cm³/mol. The highest BCUT2D eigenvalue weighted by molar-refractivity contribution is 5.66. The number of benzene rings is 1. The monoisotopic (exact) mass is 233 g/mol. The smallest absolute Gasteiger partial charge is 0.258 e. The van der Waals surface area contributed by atoms with Gasteiger partial charge in [-0.25, -0.2) is 0 Å². The second-order valence-corrected chi connectivity index (χ2v) is 3.86. The molecule has 0 radical (unpaired) electrons. The summed E-state index contributed by atoms with van der Waals surface area (Å²) in [6, 6.07) is 5.61. The first-order valence-electron chi connectivity index (χ1n) is 5.35. The molecule has 1 unspecified atom stereocenters. The minimum atomic E-state index is -0.186. The lowest BCUT2D eigenvalue weighted by atomic mass is 10.1. The van der Waals surface area contributed by atoms with Crippen molar-refractivity contribution in [3.63, 3.8) is 0 Å². The SMILES string of the molecule is COC(C)c1noc(-c2cccc(N)c2C)n1. The van der Waals surface area contributed by atoms with Gasteiger partial charge in [-0.2, -0.15) is 4.98 Å². The number of nitrogen functional groups attached to an aromatic ring is 1. The molecular weight excluding hydrogens is 218 g/mol. The highest BCUT2D eigenvalue weighted by Crippen LogP contribution is 2.26. The van der Waals surface area contributed by atoms with Gasteiger partial charge in [-0.3, -0.25) is 0 Å². The lowest BCUT2D eigenvalue weighted by Gasteiger charge is -2.03. The van der Waals surface area contributed by atoms with Crippen LogP contribution in [0.25, 0.3) is 11.5 Å². The van der Waals surface area contributed by atoms with E-state index in [-0.39, 0.29) is 6.10 Å². The van der Waals surface area contributed by atoms with Gasteiger partial charge in [0.25, 0.3) is 5.89 Å². The minimum Gasteiger partial charge on any atom is -0.398 e. The predicted octanol–water partition coefficient (Wildman–Crippen LogP) is 2.33. The lowest BCUT2D eigenvalue weighted by molar-refractivity contribution is 0.109. The highest BCUT2D eigenvalue weighted by Gasteiger charge is 2.15. The summed E-state index contributed by atoms with van der Waals surface area (Å²) in [5, 5.41) is 3.88. The van der Waals surface area contributed by atoms with Crippen molar-refractivity contribution in [1.29, 1.82) is 0 Å². The van der Waals surface area contributed by atoms with Crippen LogP contribution in [0.5, 0.6) is 0 Å². The Balaban J connectivity index is 2.40. The summed E-state index contributed by atoms with van der Waals surface area (Å²) in [7, 11) is 1.60. The van der Waals surface area contributed by atoms with Gasteiger partial charge in [0.1, 0.15) is 6.10 Å². The Labute approximate surface area is 99.6 Å². The van der Waals surface area contributed by atoms with E-state index in [0.29, 0.717) is 17.4 Å². The van der Waals surface area contributed by atoms with Gasteiger partial charge in [0, 0.05) is 18.4 Å². The van der Waals surface area contributed by atoms with Crippen LogP contribution in [0.2, 0.25) is 0 Å². The molecule has 2 N–H and O–H groups in total. The van der Waals surface area contributed by atoms with Gasteiger partial charge >= 0.3 is 0 Å². The van der Waals surface area contributed by atoms with Gasteiger partial charge in [-0.15, -0.1) is 0 Å². The van der Waals surface area contributed by atoms with Crippen LogP contribution in [-0.2, 0) is 4.74 Å². The highest BCUT2D eigenvalue weighted by atomic mass is 16.5. The van der Waals surface area contributed by atoms with E-state index in [0.717, 1.165) is 11.1 Å². The first kappa shape index (κ1) is 11.6. The summed E-state index contributed by atoms with van der Waals surface area (Å²) in [5.74, 6) is 0.998. The molecule has 2 aromatic rings. The first-order valence-corrected chi connectivity index (χ1v) is 5.35. The molecule has 0 fully saturated rings. The van der Waals surface area contributed by atoms with Gasteiger partial charge in [0.05, 0.1) is 0 Å². The molecule has 0 saturated carbocycles. The molecule has 1 aromatic carbocycles. The fourth-order valence-electron chi connectivity index (χ4n) is 1.50. The summed E-state index contributed by atoms with van der Waals surface area (Å²) in [6.07, 6.45) is -0.186. The quantitative estimate of drug-likeness (QED) is 0.823. The number of hydrogen-bond acceptors (Lipinski definition) is 5. The summed E-state index contributed by atoms with van der Waals surface area (Å²) >= 11 is 0. The van der Waals surface area contributed by atoms with Crippen LogP contribution >= 0.6 is 0 Å². The van der Waals surface area contributed by atoms with Gasteiger partial charge in [-0.1, -0.05) is 11.2 Å². The van der Waals surface area contributed by atoms with E-state index < -0.39 is 0 Å². The first-order chi connectivity index (χ1) is 8.13. The van der Waals surface area contributed by atoms with Gasteiger partial charge < -0.3 is 15.0 Å². The molecule has 0 bridgehead atoms. The van der Waals surface area contributed by atoms with Crippen molar-refractivity contribution in [2.24, 2.45) is 0 Å². The molecule has 0 saturated heterocycles.